The molecule has 1 aromatic heterocycles. The van der Waals surface area contributed by atoms with E-state index < -0.39 is 34.9 Å². The van der Waals surface area contributed by atoms with Gasteiger partial charge in [0.05, 0.1) is 16.6 Å². The van der Waals surface area contributed by atoms with Gasteiger partial charge in [-0.15, -0.1) is 0 Å². The van der Waals surface area contributed by atoms with Gasteiger partial charge in [-0.05, 0) is 54.4 Å². The number of pyridine rings is 1. The van der Waals surface area contributed by atoms with E-state index in [1.807, 2.05) is 0 Å². The summed E-state index contributed by atoms with van der Waals surface area (Å²) in [6.07, 6.45) is -8.29. The molecule has 3 rings (SSSR count). The van der Waals surface area contributed by atoms with E-state index in [2.05, 4.69) is 4.98 Å². The minimum Gasteiger partial charge on any atom is -0.330 e. The second kappa shape index (κ2) is 7.55. The zero-order valence-electron chi connectivity index (χ0n) is 15.9. The molecular weight excluding hydrogens is 408 g/mol. The maximum atomic E-state index is 13.3. The van der Waals surface area contributed by atoms with E-state index in [1.54, 1.807) is 36.5 Å². The lowest BCUT2D eigenvalue weighted by molar-refractivity contribution is -0.143. The van der Waals surface area contributed by atoms with Gasteiger partial charge < -0.3 is 11.5 Å². The van der Waals surface area contributed by atoms with Crippen molar-refractivity contribution in [1.82, 2.24) is 4.98 Å². The molecule has 0 fully saturated rings. The van der Waals surface area contributed by atoms with Crippen LogP contribution in [0, 0.1) is 0 Å². The molecule has 0 bridgehead atoms. The Morgan fingerprint density at radius 2 is 1.47 bits per heavy atom. The number of aromatic nitrogens is 1. The lowest BCUT2D eigenvalue weighted by atomic mass is 9.75. The molecule has 0 aliphatic heterocycles. The molecule has 2 unspecified atom stereocenters. The van der Waals surface area contributed by atoms with E-state index in [0.29, 0.717) is 23.2 Å². The first-order valence-corrected chi connectivity index (χ1v) is 8.97. The van der Waals surface area contributed by atoms with Crippen molar-refractivity contribution in [3.8, 4) is 0 Å². The van der Waals surface area contributed by atoms with Crippen molar-refractivity contribution in [3.05, 3.63) is 77.0 Å². The van der Waals surface area contributed by atoms with E-state index in [0.717, 1.165) is 5.39 Å². The molecule has 3 nitrogen and oxygen atoms in total. The first-order chi connectivity index (χ1) is 13.8. The van der Waals surface area contributed by atoms with Gasteiger partial charge in [-0.3, -0.25) is 4.98 Å². The van der Waals surface area contributed by atoms with Crippen molar-refractivity contribution in [1.29, 1.82) is 0 Å². The van der Waals surface area contributed by atoms with Crippen molar-refractivity contribution < 1.29 is 26.3 Å². The van der Waals surface area contributed by atoms with E-state index in [9.17, 15) is 26.3 Å². The second-order valence-corrected chi connectivity index (χ2v) is 7.32. The van der Waals surface area contributed by atoms with Gasteiger partial charge >= 0.3 is 12.4 Å². The van der Waals surface area contributed by atoms with Crippen LogP contribution in [-0.2, 0) is 17.9 Å². The Hall–Kier alpha value is -2.65. The Balaban J connectivity index is 2.15. The molecule has 30 heavy (non-hydrogen) atoms. The number of fused-ring (bicyclic) bond motifs is 1. The summed E-state index contributed by atoms with van der Waals surface area (Å²) < 4.78 is 79.6. The van der Waals surface area contributed by atoms with Crippen LogP contribution in [0.1, 0.15) is 35.1 Å². The number of hydrogen-bond acceptors (Lipinski definition) is 3. The van der Waals surface area contributed by atoms with Gasteiger partial charge in [0.25, 0.3) is 0 Å². The fourth-order valence-electron chi connectivity index (χ4n) is 3.52. The Morgan fingerprint density at radius 1 is 0.867 bits per heavy atom. The topological polar surface area (TPSA) is 64.9 Å². The third-order valence-electron chi connectivity index (χ3n) is 5.20. The molecular formula is C21H19F6N3. The number of halogens is 6. The van der Waals surface area contributed by atoms with Gasteiger partial charge in [-0.2, -0.15) is 26.3 Å². The third kappa shape index (κ3) is 4.27. The molecule has 1 heterocycles. The van der Waals surface area contributed by atoms with E-state index >= 15 is 0 Å². The van der Waals surface area contributed by atoms with Gasteiger partial charge in [0.2, 0.25) is 0 Å². The summed E-state index contributed by atoms with van der Waals surface area (Å²) in [7, 11) is 0. The fourth-order valence-corrected chi connectivity index (χ4v) is 3.52. The van der Waals surface area contributed by atoms with E-state index in [4.69, 9.17) is 11.5 Å². The highest BCUT2D eigenvalue weighted by atomic mass is 19.4. The van der Waals surface area contributed by atoms with Crippen molar-refractivity contribution in [2.24, 2.45) is 11.5 Å². The molecule has 3 aromatic rings. The van der Waals surface area contributed by atoms with Crippen molar-refractivity contribution in [3.63, 3.8) is 0 Å². The number of rotatable bonds is 4. The monoisotopic (exact) mass is 427 g/mol. The first-order valence-electron chi connectivity index (χ1n) is 8.97. The molecule has 0 amide bonds. The Kier molecular flexibility index (Phi) is 5.55. The minimum absolute atomic E-state index is 0.0899. The normalized spacial score (nSPS) is 15.8. The van der Waals surface area contributed by atoms with Crippen LogP contribution in [0.4, 0.5) is 26.3 Å². The first kappa shape index (κ1) is 22.0. The minimum atomic E-state index is -4.95. The molecule has 9 heteroatoms. The predicted molar refractivity (Wildman–Crippen MR) is 102 cm³/mol. The number of hydrogen-bond donors (Lipinski definition) is 2. The average molecular weight is 427 g/mol. The maximum Gasteiger partial charge on any atom is 0.416 e. The van der Waals surface area contributed by atoms with Crippen LogP contribution in [0.3, 0.4) is 0 Å². The number of alkyl halides is 6. The Morgan fingerprint density at radius 3 is 2.00 bits per heavy atom. The van der Waals surface area contributed by atoms with Crippen molar-refractivity contribution in [2.45, 2.75) is 30.7 Å². The van der Waals surface area contributed by atoms with Crippen LogP contribution in [0.5, 0.6) is 0 Å². The molecule has 2 aromatic carbocycles. The molecule has 0 saturated carbocycles. The fraction of sp³-hybridized carbons (Fsp3) is 0.286. The van der Waals surface area contributed by atoms with Crippen LogP contribution in [-0.4, -0.2) is 11.5 Å². The van der Waals surface area contributed by atoms with Crippen LogP contribution in [0.25, 0.3) is 10.9 Å². The highest BCUT2D eigenvalue weighted by molar-refractivity contribution is 5.79. The summed E-state index contributed by atoms with van der Waals surface area (Å²) in [5.41, 5.74) is 9.11. The smallest absolute Gasteiger partial charge is 0.330 e. The third-order valence-corrected chi connectivity index (χ3v) is 5.20. The Bertz CT molecular complexity index is 1020. The van der Waals surface area contributed by atoms with Gasteiger partial charge in [-0.1, -0.05) is 12.1 Å². The highest BCUT2D eigenvalue weighted by Crippen LogP contribution is 2.41. The molecule has 0 radical (unpaired) electrons. The number of nitrogens with two attached hydrogens (primary N) is 2. The maximum absolute atomic E-state index is 13.3. The molecule has 4 N–H and O–H groups in total. The van der Waals surface area contributed by atoms with Crippen molar-refractivity contribution in [2.75, 3.05) is 6.54 Å². The second-order valence-electron chi connectivity index (χ2n) is 7.32. The SMILES string of the molecule is CC(N)(c1ccc2ncccc2c1)C(CN)c1cc(C(F)(F)F)cc(C(F)(F)F)c1. The van der Waals surface area contributed by atoms with Crippen molar-refractivity contribution >= 4 is 10.9 Å². The van der Waals surface area contributed by atoms with Crippen LogP contribution >= 0.6 is 0 Å². The summed E-state index contributed by atoms with van der Waals surface area (Å²) in [6.45, 7) is 1.28. The quantitative estimate of drug-likeness (QED) is 0.564. The van der Waals surface area contributed by atoms with Crippen LogP contribution in [0.15, 0.2) is 54.7 Å². The van der Waals surface area contributed by atoms with E-state index in [1.165, 1.54) is 6.92 Å². The van der Waals surface area contributed by atoms with E-state index in [-0.39, 0.29) is 18.2 Å². The molecule has 0 saturated heterocycles. The van der Waals surface area contributed by atoms with Crippen LogP contribution < -0.4 is 11.5 Å². The average Bonchev–Trinajstić information content (AvgIpc) is 2.66. The zero-order chi connectivity index (χ0) is 22.3. The lowest BCUT2D eigenvalue weighted by Crippen LogP contribution is -2.43. The van der Waals surface area contributed by atoms with Crippen LogP contribution in [0.2, 0.25) is 0 Å². The Labute approximate surface area is 168 Å². The molecule has 160 valence electrons. The lowest BCUT2D eigenvalue weighted by Gasteiger charge is -2.35. The number of nitrogens with zero attached hydrogens (tertiary/aromatic N) is 1. The molecule has 0 aliphatic rings. The van der Waals surface area contributed by atoms with Gasteiger partial charge in [-0.25, -0.2) is 0 Å². The summed E-state index contributed by atoms with van der Waals surface area (Å²) in [4.78, 5) is 4.19. The molecule has 0 aliphatic carbocycles. The van der Waals surface area contributed by atoms with Gasteiger partial charge in [0, 0.05) is 29.6 Å². The molecule has 0 spiro atoms. The summed E-state index contributed by atoms with van der Waals surface area (Å²) in [5.74, 6) is -1.00. The largest absolute Gasteiger partial charge is 0.416 e. The van der Waals surface area contributed by atoms with Gasteiger partial charge in [0.15, 0.2) is 0 Å². The molecule has 2 atom stereocenters. The summed E-state index contributed by atoms with van der Waals surface area (Å²) >= 11 is 0. The zero-order valence-corrected chi connectivity index (χ0v) is 15.9. The predicted octanol–water partition coefficient (Wildman–Crippen LogP) is 5.19. The summed E-state index contributed by atoms with van der Waals surface area (Å²) in [6, 6.07) is 10.00. The summed E-state index contributed by atoms with van der Waals surface area (Å²) in [5, 5.41) is 0.738. The van der Waals surface area contributed by atoms with Gasteiger partial charge in [0.1, 0.15) is 0 Å². The standard InChI is InChI=1S/C21H19F6N3/c1-19(29,14-4-5-18-12(7-14)3-2-6-30-18)17(11-28)13-8-15(20(22,23)24)10-16(9-13)21(25,26)27/h2-10,17H,11,28-29H2,1H3. The number of benzene rings is 2. The highest BCUT2D eigenvalue weighted by Gasteiger charge is 2.40.